The van der Waals surface area contributed by atoms with E-state index in [4.69, 9.17) is 11.6 Å². The van der Waals surface area contributed by atoms with E-state index in [-0.39, 0.29) is 17.8 Å². The Morgan fingerprint density at radius 3 is 2.19 bits per heavy atom. The molecule has 1 aliphatic heterocycles. The fourth-order valence-electron chi connectivity index (χ4n) is 3.67. The molecule has 4 rings (SSSR count). The maximum Gasteiger partial charge on any atom is 0.278 e. The molecule has 31 heavy (non-hydrogen) atoms. The molecule has 0 saturated heterocycles. The molecule has 0 atom stereocenters. The van der Waals surface area contributed by atoms with Gasteiger partial charge in [0.2, 0.25) is 0 Å². The summed E-state index contributed by atoms with van der Waals surface area (Å²) in [5.41, 5.74) is 2.72. The van der Waals surface area contributed by atoms with E-state index in [0.29, 0.717) is 22.7 Å². The molecule has 156 valence electrons. The van der Waals surface area contributed by atoms with Crippen LogP contribution in [0.3, 0.4) is 0 Å². The summed E-state index contributed by atoms with van der Waals surface area (Å²) >= 11 is 6.26. The van der Waals surface area contributed by atoms with Crippen LogP contribution in [-0.2, 0) is 22.7 Å². The number of amides is 2. The van der Waals surface area contributed by atoms with Crippen molar-refractivity contribution >= 4 is 29.0 Å². The van der Waals surface area contributed by atoms with E-state index in [1.165, 1.54) is 29.2 Å². The number of carbonyl (C=O) groups is 2. The second-order valence-electron chi connectivity index (χ2n) is 7.36. The van der Waals surface area contributed by atoms with E-state index in [1.54, 1.807) is 30.1 Å². The van der Waals surface area contributed by atoms with Crippen LogP contribution in [0.1, 0.15) is 16.7 Å². The van der Waals surface area contributed by atoms with E-state index in [1.807, 2.05) is 36.4 Å². The Kier molecular flexibility index (Phi) is 5.87. The fourth-order valence-corrected chi connectivity index (χ4v) is 3.87. The average molecular weight is 435 g/mol. The molecule has 0 spiro atoms. The second-order valence-corrected chi connectivity index (χ2v) is 7.77. The molecule has 0 N–H and O–H groups in total. The summed E-state index contributed by atoms with van der Waals surface area (Å²) in [6.07, 6.45) is 0. The maximum atomic E-state index is 13.5. The summed E-state index contributed by atoms with van der Waals surface area (Å²) in [4.78, 5) is 29.7. The van der Waals surface area contributed by atoms with E-state index < -0.39 is 17.6 Å². The lowest BCUT2D eigenvalue weighted by atomic mass is 10.0. The molecule has 1 aliphatic rings. The number of likely N-dealkylation sites (N-methyl/N-ethyl adjacent to an activating group) is 1. The minimum absolute atomic E-state index is 0.0602. The Morgan fingerprint density at radius 2 is 1.52 bits per heavy atom. The molecule has 0 aromatic heterocycles. The van der Waals surface area contributed by atoms with Gasteiger partial charge >= 0.3 is 0 Å². The van der Waals surface area contributed by atoms with E-state index in [0.717, 1.165) is 5.56 Å². The second kappa shape index (κ2) is 8.74. The number of carbonyl (C=O) groups excluding carboxylic acids is 2. The lowest BCUT2D eigenvalue weighted by molar-refractivity contribution is -0.138. The lowest BCUT2D eigenvalue weighted by Crippen LogP contribution is -2.33. The molecule has 1 heterocycles. The topological polar surface area (TPSA) is 40.6 Å². The molecule has 0 unspecified atom stereocenters. The molecular formula is C25H20ClFN2O2. The average Bonchev–Trinajstić information content (AvgIpc) is 3.01. The Bertz CT molecular complexity index is 1160. The first kappa shape index (κ1) is 20.8. The van der Waals surface area contributed by atoms with Crippen molar-refractivity contribution in [3.8, 4) is 0 Å². The standard InChI is InChI=1S/C25H20ClFN2O2/c1-28(15-17-7-3-2-4-8-17)23-22(18-11-13-20(27)14-12-18)24(30)29(25(23)31)16-19-9-5-6-10-21(19)26/h2-14H,15-16H2,1H3. The molecule has 0 saturated carbocycles. The van der Waals surface area contributed by atoms with Crippen LogP contribution in [0.25, 0.3) is 5.57 Å². The van der Waals surface area contributed by atoms with Gasteiger partial charge in [0.25, 0.3) is 11.8 Å². The quantitative estimate of drug-likeness (QED) is 0.518. The molecule has 0 aliphatic carbocycles. The van der Waals surface area contributed by atoms with Gasteiger partial charge < -0.3 is 4.90 Å². The SMILES string of the molecule is CN(Cc1ccccc1)C1=C(c2ccc(F)cc2)C(=O)N(Cc2ccccc2Cl)C1=O. The molecule has 3 aromatic rings. The summed E-state index contributed by atoms with van der Waals surface area (Å²) in [6.45, 7) is 0.504. The van der Waals surface area contributed by atoms with Gasteiger partial charge in [-0.05, 0) is 34.9 Å². The number of hydrogen-bond donors (Lipinski definition) is 0. The van der Waals surface area contributed by atoms with Crippen LogP contribution >= 0.6 is 11.6 Å². The Labute approximate surface area is 185 Å². The maximum absolute atomic E-state index is 13.5. The molecule has 4 nitrogen and oxygen atoms in total. The van der Waals surface area contributed by atoms with Crippen LogP contribution in [0.5, 0.6) is 0 Å². The van der Waals surface area contributed by atoms with Gasteiger partial charge in [0.15, 0.2) is 0 Å². The van der Waals surface area contributed by atoms with Crippen LogP contribution < -0.4 is 0 Å². The van der Waals surface area contributed by atoms with Crippen LogP contribution in [-0.4, -0.2) is 28.7 Å². The van der Waals surface area contributed by atoms with Gasteiger partial charge in [-0.2, -0.15) is 0 Å². The first-order valence-corrected chi connectivity index (χ1v) is 10.2. The highest BCUT2D eigenvalue weighted by atomic mass is 35.5. The number of benzene rings is 3. The van der Waals surface area contributed by atoms with Gasteiger partial charge in [0, 0.05) is 18.6 Å². The Hall–Kier alpha value is -3.44. The van der Waals surface area contributed by atoms with Crippen molar-refractivity contribution in [3.63, 3.8) is 0 Å². The van der Waals surface area contributed by atoms with E-state index >= 15 is 0 Å². The molecule has 2 amide bonds. The van der Waals surface area contributed by atoms with Crippen molar-refractivity contribution in [1.29, 1.82) is 0 Å². The number of halogens is 2. The number of hydrogen-bond acceptors (Lipinski definition) is 3. The van der Waals surface area contributed by atoms with Crippen LogP contribution in [0.4, 0.5) is 4.39 Å². The predicted molar refractivity (Wildman–Crippen MR) is 118 cm³/mol. The lowest BCUT2D eigenvalue weighted by Gasteiger charge is -2.22. The van der Waals surface area contributed by atoms with Crippen LogP contribution in [0, 0.1) is 5.82 Å². The Balaban J connectivity index is 1.74. The third-order valence-electron chi connectivity index (χ3n) is 5.21. The van der Waals surface area contributed by atoms with Crippen molar-refractivity contribution in [2.45, 2.75) is 13.1 Å². The molecule has 0 fully saturated rings. The van der Waals surface area contributed by atoms with E-state index in [2.05, 4.69) is 0 Å². The minimum Gasteiger partial charge on any atom is -0.365 e. The van der Waals surface area contributed by atoms with Gasteiger partial charge in [0.1, 0.15) is 11.5 Å². The Morgan fingerprint density at radius 1 is 0.871 bits per heavy atom. The van der Waals surface area contributed by atoms with Crippen molar-refractivity contribution in [2.24, 2.45) is 0 Å². The zero-order valence-corrected chi connectivity index (χ0v) is 17.6. The highest BCUT2D eigenvalue weighted by Crippen LogP contribution is 2.33. The summed E-state index contributed by atoms with van der Waals surface area (Å²) in [5.74, 6) is -1.23. The molecular weight excluding hydrogens is 415 g/mol. The van der Waals surface area contributed by atoms with Gasteiger partial charge in [-0.1, -0.05) is 72.3 Å². The minimum atomic E-state index is -0.425. The van der Waals surface area contributed by atoms with Crippen LogP contribution in [0.2, 0.25) is 5.02 Å². The smallest absolute Gasteiger partial charge is 0.278 e. The monoisotopic (exact) mass is 434 g/mol. The van der Waals surface area contributed by atoms with Crippen molar-refractivity contribution in [3.05, 3.63) is 112 Å². The highest BCUT2D eigenvalue weighted by Gasteiger charge is 2.40. The number of imide groups is 1. The number of nitrogens with zero attached hydrogens (tertiary/aromatic N) is 2. The van der Waals surface area contributed by atoms with Gasteiger partial charge in [-0.15, -0.1) is 0 Å². The zero-order chi connectivity index (χ0) is 22.0. The predicted octanol–water partition coefficient (Wildman–Crippen LogP) is 4.89. The fraction of sp³-hybridized carbons (Fsp3) is 0.120. The van der Waals surface area contributed by atoms with Crippen molar-refractivity contribution < 1.29 is 14.0 Å². The molecule has 3 aromatic carbocycles. The van der Waals surface area contributed by atoms with Gasteiger partial charge in [-0.3, -0.25) is 14.5 Å². The summed E-state index contributed by atoms with van der Waals surface area (Å²) < 4.78 is 13.5. The third kappa shape index (κ3) is 4.23. The van der Waals surface area contributed by atoms with Crippen LogP contribution in [0.15, 0.2) is 84.6 Å². The third-order valence-corrected chi connectivity index (χ3v) is 5.58. The summed E-state index contributed by atoms with van der Waals surface area (Å²) in [5, 5.41) is 0.484. The number of rotatable bonds is 6. The largest absolute Gasteiger partial charge is 0.365 e. The highest BCUT2D eigenvalue weighted by molar-refractivity contribution is 6.35. The van der Waals surface area contributed by atoms with E-state index in [9.17, 15) is 14.0 Å². The summed E-state index contributed by atoms with van der Waals surface area (Å²) in [6, 6.07) is 22.4. The van der Waals surface area contributed by atoms with Gasteiger partial charge in [-0.25, -0.2) is 4.39 Å². The molecule has 6 heteroatoms. The normalized spacial score (nSPS) is 13.8. The van der Waals surface area contributed by atoms with Crippen molar-refractivity contribution in [2.75, 3.05) is 7.05 Å². The molecule has 0 radical (unpaired) electrons. The van der Waals surface area contributed by atoms with Crippen molar-refractivity contribution in [1.82, 2.24) is 9.80 Å². The first-order valence-electron chi connectivity index (χ1n) is 9.80. The van der Waals surface area contributed by atoms with Gasteiger partial charge in [0.05, 0.1) is 12.1 Å². The summed E-state index contributed by atoms with van der Waals surface area (Å²) in [7, 11) is 1.77. The molecule has 0 bridgehead atoms. The zero-order valence-electron chi connectivity index (χ0n) is 16.9. The first-order chi connectivity index (χ1) is 15.0.